The Kier molecular flexibility index (Phi) is 6.34. The molecule has 0 bridgehead atoms. The molecule has 0 spiro atoms. The summed E-state index contributed by atoms with van der Waals surface area (Å²) in [6.45, 7) is 0.658. The van der Waals surface area contributed by atoms with Crippen LogP contribution in [0, 0.1) is 5.82 Å². The van der Waals surface area contributed by atoms with E-state index in [0.717, 1.165) is 22.8 Å². The first kappa shape index (κ1) is 15.6. The van der Waals surface area contributed by atoms with Crippen molar-refractivity contribution < 1.29 is 13.6 Å². The summed E-state index contributed by atoms with van der Waals surface area (Å²) in [5.74, 6) is 1.54. The molecular formula is C16H18FNO2S. The molecule has 0 aliphatic rings. The lowest BCUT2D eigenvalue weighted by Crippen LogP contribution is -2.24. The normalized spacial score (nSPS) is 10.5. The second kappa shape index (κ2) is 8.52. The van der Waals surface area contributed by atoms with Crippen LogP contribution in [0.25, 0.3) is 0 Å². The van der Waals surface area contributed by atoms with Crippen LogP contribution in [0.15, 0.2) is 52.0 Å². The maximum Gasteiger partial charge on any atom is 0.220 e. The molecule has 0 saturated carbocycles. The van der Waals surface area contributed by atoms with Crippen molar-refractivity contribution in [2.24, 2.45) is 0 Å². The van der Waals surface area contributed by atoms with Gasteiger partial charge in [0.25, 0.3) is 0 Å². The van der Waals surface area contributed by atoms with Gasteiger partial charge in [0, 0.05) is 24.3 Å². The maximum atomic E-state index is 12.7. The first-order chi connectivity index (χ1) is 10.2. The van der Waals surface area contributed by atoms with Crippen LogP contribution >= 0.6 is 11.8 Å². The highest BCUT2D eigenvalue weighted by Gasteiger charge is 2.03. The van der Waals surface area contributed by atoms with E-state index < -0.39 is 0 Å². The third kappa shape index (κ3) is 6.04. The van der Waals surface area contributed by atoms with E-state index in [4.69, 9.17) is 4.42 Å². The summed E-state index contributed by atoms with van der Waals surface area (Å²) in [5, 5.41) is 2.89. The summed E-state index contributed by atoms with van der Waals surface area (Å²) < 4.78 is 17.9. The molecule has 1 aromatic heterocycles. The predicted molar refractivity (Wildman–Crippen MR) is 81.8 cm³/mol. The molecule has 0 saturated heterocycles. The molecule has 0 unspecified atom stereocenters. The molecule has 5 heteroatoms. The minimum absolute atomic E-state index is 0.0400. The van der Waals surface area contributed by atoms with Gasteiger partial charge < -0.3 is 9.73 Å². The molecule has 1 heterocycles. The standard InChI is InChI=1S/C16H18FNO2S/c17-13-4-7-15(8-5-13)21-12-2-10-18-16(19)9-6-14-3-1-11-20-14/h1,3-5,7-8,11H,2,6,9-10,12H2,(H,18,19). The summed E-state index contributed by atoms with van der Waals surface area (Å²) in [6, 6.07) is 10.1. The summed E-state index contributed by atoms with van der Waals surface area (Å²) >= 11 is 1.66. The second-order valence-electron chi connectivity index (χ2n) is 4.59. The quantitative estimate of drug-likeness (QED) is 0.598. The lowest BCUT2D eigenvalue weighted by molar-refractivity contribution is -0.121. The van der Waals surface area contributed by atoms with Crippen molar-refractivity contribution in [1.82, 2.24) is 5.32 Å². The van der Waals surface area contributed by atoms with Crippen LogP contribution in [0.5, 0.6) is 0 Å². The number of aryl methyl sites for hydroxylation is 1. The van der Waals surface area contributed by atoms with Crippen LogP contribution in [-0.2, 0) is 11.2 Å². The number of hydrogen-bond donors (Lipinski definition) is 1. The minimum Gasteiger partial charge on any atom is -0.469 e. The van der Waals surface area contributed by atoms with Crippen molar-refractivity contribution in [1.29, 1.82) is 0 Å². The topological polar surface area (TPSA) is 42.2 Å². The number of carbonyl (C=O) groups is 1. The Bertz CT molecular complexity index is 540. The summed E-state index contributed by atoms with van der Waals surface area (Å²) in [7, 11) is 0. The van der Waals surface area contributed by atoms with Gasteiger partial charge in [0.05, 0.1) is 6.26 Å². The lowest BCUT2D eigenvalue weighted by atomic mass is 10.2. The Hall–Kier alpha value is -1.75. The van der Waals surface area contributed by atoms with Gasteiger partial charge in [-0.05, 0) is 48.6 Å². The Morgan fingerprint density at radius 2 is 2.05 bits per heavy atom. The number of benzene rings is 1. The zero-order chi connectivity index (χ0) is 14.9. The van der Waals surface area contributed by atoms with E-state index in [1.807, 2.05) is 12.1 Å². The number of amides is 1. The number of thioether (sulfide) groups is 1. The van der Waals surface area contributed by atoms with Crippen LogP contribution < -0.4 is 5.32 Å². The highest BCUT2D eigenvalue weighted by molar-refractivity contribution is 7.99. The van der Waals surface area contributed by atoms with Crippen molar-refractivity contribution in [3.05, 3.63) is 54.2 Å². The number of nitrogens with one attached hydrogen (secondary N) is 1. The van der Waals surface area contributed by atoms with E-state index in [1.54, 1.807) is 30.2 Å². The molecule has 21 heavy (non-hydrogen) atoms. The molecule has 0 fully saturated rings. The van der Waals surface area contributed by atoms with Gasteiger partial charge in [-0.25, -0.2) is 4.39 Å². The largest absolute Gasteiger partial charge is 0.469 e. The van der Waals surface area contributed by atoms with Gasteiger partial charge >= 0.3 is 0 Å². The summed E-state index contributed by atoms with van der Waals surface area (Å²) in [5.41, 5.74) is 0. The molecule has 2 aromatic rings. The average Bonchev–Trinajstić information content (AvgIpc) is 3.00. The number of hydrogen-bond acceptors (Lipinski definition) is 3. The van der Waals surface area contributed by atoms with E-state index in [1.165, 1.54) is 12.1 Å². The smallest absolute Gasteiger partial charge is 0.220 e. The van der Waals surface area contributed by atoms with Crippen LogP contribution in [-0.4, -0.2) is 18.2 Å². The van der Waals surface area contributed by atoms with Crippen molar-refractivity contribution in [2.45, 2.75) is 24.2 Å². The zero-order valence-electron chi connectivity index (χ0n) is 11.7. The first-order valence-corrected chi connectivity index (χ1v) is 7.90. The minimum atomic E-state index is -0.219. The second-order valence-corrected chi connectivity index (χ2v) is 5.75. The van der Waals surface area contributed by atoms with Crippen LogP contribution in [0.2, 0.25) is 0 Å². The van der Waals surface area contributed by atoms with Crippen LogP contribution in [0.3, 0.4) is 0 Å². The molecule has 1 amide bonds. The number of furan rings is 1. The Labute approximate surface area is 127 Å². The zero-order valence-corrected chi connectivity index (χ0v) is 12.5. The van der Waals surface area contributed by atoms with Gasteiger partial charge in [-0.3, -0.25) is 4.79 Å². The SMILES string of the molecule is O=C(CCc1ccco1)NCCCSc1ccc(F)cc1. The molecule has 0 aliphatic heterocycles. The maximum absolute atomic E-state index is 12.7. The average molecular weight is 307 g/mol. The van der Waals surface area contributed by atoms with E-state index >= 15 is 0 Å². The molecule has 1 N–H and O–H groups in total. The third-order valence-corrected chi connectivity index (χ3v) is 4.00. The van der Waals surface area contributed by atoms with E-state index in [0.29, 0.717) is 19.4 Å². The monoisotopic (exact) mass is 307 g/mol. The fraction of sp³-hybridized carbons (Fsp3) is 0.312. The molecule has 0 aliphatic carbocycles. The van der Waals surface area contributed by atoms with Crippen molar-refractivity contribution in [3.63, 3.8) is 0 Å². The predicted octanol–water partition coefficient (Wildman–Crippen LogP) is 3.65. The number of carbonyl (C=O) groups excluding carboxylic acids is 1. The molecule has 3 nitrogen and oxygen atoms in total. The van der Waals surface area contributed by atoms with Gasteiger partial charge in [-0.15, -0.1) is 11.8 Å². The molecule has 0 atom stereocenters. The highest BCUT2D eigenvalue weighted by atomic mass is 32.2. The first-order valence-electron chi connectivity index (χ1n) is 6.91. The fourth-order valence-corrected chi connectivity index (χ4v) is 2.65. The van der Waals surface area contributed by atoms with Crippen LogP contribution in [0.4, 0.5) is 4.39 Å². The van der Waals surface area contributed by atoms with E-state index in [-0.39, 0.29) is 11.7 Å². The molecule has 2 rings (SSSR count). The molecular weight excluding hydrogens is 289 g/mol. The Morgan fingerprint density at radius 1 is 1.24 bits per heavy atom. The molecule has 112 valence electrons. The Balaban J connectivity index is 1.53. The molecule has 1 aromatic carbocycles. The molecule has 0 radical (unpaired) electrons. The van der Waals surface area contributed by atoms with Crippen molar-refractivity contribution in [2.75, 3.05) is 12.3 Å². The number of halogens is 1. The highest BCUT2D eigenvalue weighted by Crippen LogP contribution is 2.18. The Morgan fingerprint density at radius 3 is 2.76 bits per heavy atom. The lowest BCUT2D eigenvalue weighted by Gasteiger charge is -2.05. The van der Waals surface area contributed by atoms with Gasteiger partial charge in [0.1, 0.15) is 11.6 Å². The van der Waals surface area contributed by atoms with E-state index in [9.17, 15) is 9.18 Å². The number of rotatable bonds is 8. The van der Waals surface area contributed by atoms with Gasteiger partial charge in [-0.2, -0.15) is 0 Å². The fourth-order valence-electron chi connectivity index (χ4n) is 1.80. The van der Waals surface area contributed by atoms with Gasteiger partial charge in [0.2, 0.25) is 5.91 Å². The third-order valence-electron chi connectivity index (χ3n) is 2.90. The van der Waals surface area contributed by atoms with E-state index in [2.05, 4.69) is 5.32 Å². The van der Waals surface area contributed by atoms with Gasteiger partial charge in [0.15, 0.2) is 0 Å². The summed E-state index contributed by atoms with van der Waals surface area (Å²) in [4.78, 5) is 12.6. The summed E-state index contributed by atoms with van der Waals surface area (Å²) in [6.07, 6.45) is 3.57. The van der Waals surface area contributed by atoms with Crippen LogP contribution in [0.1, 0.15) is 18.6 Å². The van der Waals surface area contributed by atoms with Gasteiger partial charge in [-0.1, -0.05) is 0 Å². The van der Waals surface area contributed by atoms with Crippen molar-refractivity contribution >= 4 is 17.7 Å². The van der Waals surface area contributed by atoms with Crippen molar-refractivity contribution in [3.8, 4) is 0 Å².